The fourth-order valence-corrected chi connectivity index (χ4v) is 7.38. The van der Waals surface area contributed by atoms with Crippen molar-refractivity contribution in [2.45, 2.75) is 47.3 Å². The van der Waals surface area contributed by atoms with Crippen molar-refractivity contribution in [3.8, 4) is 0 Å². The van der Waals surface area contributed by atoms with Gasteiger partial charge in [0, 0.05) is 18.8 Å². The standard InChI is InChI=1S/C34H28O6/c35-28-21-27(24-15-7-2-8-16-24)33-29(25-17-9-3-10-18-25)39-34(33,32(28,38)26-19-11-4-12-20-26)31(37,30(36)40-33)22-23-13-5-1-6-14-23/h1-20,27,29,37-38H,21-22H2/t27-,29?,31-,32-,33-,34-/m1/s1. The number of ether oxygens (including phenoxy) is 2. The van der Waals surface area contributed by atoms with Crippen molar-refractivity contribution in [1.29, 1.82) is 0 Å². The Morgan fingerprint density at radius 2 is 1.23 bits per heavy atom. The highest BCUT2D eigenvalue weighted by atomic mass is 16.7. The van der Waals surface area contributed by atoms with Gasteiger partial charge in [0.05, 0.1) is 0 Å². The SMILES string of the molecule is O=C1O[C@]23C(c4ccccc4)O[C@]2([C@@]1(O)Cc1ccccc1)[C@@](O)(c1ccccc1)C(=O)C[C@@H]3c1ccccc1. The molecule has 6 nitrogen and oxygen atoms in total. The average Bonchev–Trinajstić information content (AvgIpc) is 3.14. The van der Waals surface area contributed by atoms with Crippen LogP contribution >= 0.6 is 0 Å². The van der Waals surface area contributed by atoms with Crippen molar-refractivity contribution >= 4 is 11.8 Å². The predicted octanol–water partition coefficient (Wildman–Crippen LogP) is 4.41. The second-order valence-electron chi connectivity index (χ2n) is 11.0. The van der Waals surface area contributed by atoms with E-state index in [1.165, 1.54) is 0 Å². The van der Waals surface area contributed by atoms with Crippen LogP contribution in [0.1, 0.15) is 40.7 Å². The lowest BCUT2D eigenvalue weighted by Crippen LogP contribution is -2.88. The van der Waals surface area contributed by atoms with Gasteiger partial charge in [-0.2, -0.15) is 0 Å². The van der Waals surface area contributed by atoms with Gasteiger partial charge in [0.25, 0.3) is 0 Å². The van der Waals surface area contributed by atoms with Crippen molar-refractivity contribution in [2.75, 3.05) is 0 Å². The number of aliphatic hydroxyl groups is 2. The Morgan fingerprint density at radius 1 is 0.700 bits per heavy atom. The zero-order valence-electron chi connectivity index (χ0n) is 21.6. The van der Waals surface area contributed by atoms with Gasteiger partial charge >= 0.3 is 5.97 Å². The Balaban J connectivity index is 1.54. The lowest BCUT2D eigenvalue weighted by molar-refractivity contribution is -0.418. The molecule has 0 aromatic heterocycles. The summed E-state index contributed by atoms with van der Waals surface area (Å²) in [4.78, 5) is 28.4. The van der Waals surface area contributed by atoms with Crippen molar-refractivity contribution in [3.05, 3.63) is 144 Å². The number of hydrogen-bond acceptors (Lipinski definition) is 6. The molecule has 40 heavy (non-hydrogen) atoms. The van der Waals surface area contributed by atoms with Gasteiger partial charge in [-0.25, -0.2) is 4.79 Å². The number of Topliss-reactive ketones (excluding diaryl/α,β-unsaturated/α-hetero) is 1. The van der Waals surface area contributed by atoms with Gasteiger partial charge in [-0.05, 0) is 22.3 Å². The molecule has 6 atom stereocenters. The van der Waals surface area contributed by atoms with Gasteiger partial charge in [0.2, 0.25) is 5.60 Å². The van der Waals surface area contributed by atoms with Crippen LogP contribution < -0.4 is 0 Å². The maximum absolute atomic E-state index is 14.3. The third kappa shape index (κ3) is 2.93. The summed E-state index contributed by atoms with van der Waals surface area (Å²) in [7, 11) is 0. The maximum atomic E-state index is 14.3. The van der Waals surface area contributed by atoms with Crippen LogP contribution in [0.5, 0.6) is 0 Å². The molecule has 0 spiro atoms. The zero-order chi connectivity index (χ0) is 27.6. The molecule has 2 heterocycles. The summed E-state index contributed by atoms with van der Waals surface area (Å²) in [6, 6.07) is 36.2. The van der Waals surface area contributed by atoms with Crippen molar-refractivity contribution in [3.63, 3.8) is 0 Å². The Bertz CT molecular complexity index is 1580. The number of hydrogen-bond donors (Lipinski definition) is 2. The molecule has 1 saturated carbocycles. The second kappa shape index (κ2) is 8.70. The zero-order valence-corrected chi connectivity index (χ0v) is 21.6. The molecular weight excluding hydrogens is 504 g/mol. The van der Waals surface area contributed by atoms with Crippen LogP contribution in [0, 0.1) is 0 Å². The molecule has 0 radical (unpaired) electrons. The van der Waals surface area contributed by atoms with Crippen LogP contribution in [-0.4, -0.2) is 38.8 Å². The van der Waals surface area contributed by atoms with Crippen LogP contribution in [0.25, 0.3) is 0 Å². The van der Waals surface area contributed by atoms with E-state index in [1.807, 2.05) is 66.7 Å². The molecule has 7 rings (SSSR count). The lowest BCUT2D eigenvalue weighted by Gasteiger charge is -2.69. The van der Waals surface area contributed by atoms with Gasteiger partial charge in [0.15, 0.2) is 22.6 Å². The highest BCUT2D eigenvalue weighted by molar-refractivity contribution is 5.99. The molecule has 1 unspecified atom stereocenters. The normalized spacial score (nSPS) is 34.4. The van der Waals surface area contributed by atoms with Gasteiger partial charge in [-0.1, -0.05) is 121 Å². The number of ketones is 1. The summed E-state index contributed by atoms with van der Waals surface area (Å²) >= 11 is 0. The summed E-state index contributed by atoms with van der Waals surface area (Å²) in [5.74, 6) is -2.14. The van der Waals surface area contributed by atoms with E-state index in [2.05, 4.69) is 0 Å². The number of rotatable bonds is 5. The van der Waals surface area contributed by atoms with Crippen LogP contribution in [-0.2, 0) is 31.1 Å². The fourth-order valence-electron chi connectivity index (χ4n) is 7.38. The Labute approximate surface area is 231 Å². The molecule has 3 aliphatic rings. The van der Waals surface area contributed by atoms with E-state index < -0.39 is 46.2 Å². The third-order valence-electron chi connectivity index (χ3n) is 9.03. The summed E-state index contributed by atoms with van der Waals surface area (Å²) < 4.78 is 13.1. The van der Waals surface area contributed by atoms with Crippen LogP contribution in [0.3, 0.4) is 0 Å². The first-order valence-electron chi connectivity index (χ1n) is 13.5. The first-order chi connectivity index (χ1) is 19.4. The summed E-state index contributed by atoms with van der Waals surface area (Å²) in [5.41, 5.74) is -6.12. The number of esters is 1. The van der Waals surface area contributed by atoms with E-state index in [0.717, 1.165) is 11.1 Å². The minimum atomic E-state index is -2.38. The van der Waals surface area contributed by atoms with E-state index in [-0.39, 0.29) is 18.4 Å². The highest BCUT2D eigenvalue weighted by Crippen LogP contribution is 2.76. The molecule has 2 N–H and O–H groups in total. The molecule has 2 aliphatic heterocycles. The first-order valence-corrected chi connectivity index (χ1v) is 13.5. The molecule has 4 aromatic carbocycles. The third-order valence-corrected chi connectivity index (χ3v) is 9.03. The van der Waals surface area contributed by atoms with Gasteiger partial charge < -0.3 is 19.7 Å². The van der Waals surface area contributed by atoms with E-state index in [1.54, 1.807) is 54.6 Å². The summed E-state index contributed by atoms with van der Waals surface area (Å²) in [5, 5.41) is 25.4. The first kappa shape index (κ1) is 24.9. The minimum absolute atomic E-state index is 0.113. The molecule has 2 saturated heterocycles. The van der Waals surface area contributed by atoms with E-state index >= 15 is 0 Å². The van der Waals surface area contributed by atoms with Crippen molar-refractivity contribution in [2.24, 2.45) is 0 Å². The van der Waals surface area contributed by atoms with Gasteiger partial charge in [-0.3, -0.25) is 4.79 Å². The number of benzene rings is 4. The highest BCUT2D eigenvalue weighted by Gasteiger charge is 2.95. The van der Waals surface area contributed by atoms with Crippen molar-refractivity contribution < 1.29 is 29.3 Å². The topological polar surface area (TPSA) is 93.1 Å². The van der Waals surface area contributed by atoms with E-state index in [9.17, 15) is 19.8 Å². The fraction of sp³-hybridized carbons (Fsp3) is 0.235. The van der Waals surface area contributed by atoms with Crippen LogP contribution in [0.4, 0.5) is 0 Å². The quantitative estimate of drug-likeness (QED) is 0.370. The van der Waals surface area contributed by atoms with Gasteiger partial charge in [-0.15, -0.1) is 0 Å². The minimum Gasteiger partial charge on any atom is -0.450 e. The smallest absolute Gasteiger partial charge is 0.342 e. The van der Waals surface area contributed by atoms with Gasteiger partial charge in [0.1, 0.15) is 6.10 Å². The molecule has 3 fully saturated rings. The van der Waals surface area contributed by atoms with E-state index in [0.29, 0.717) is 5.56 Å². The molecule has 200 valence electrons. The van der Waals surface area contributed by atoms with Crippen LogP contribution in [0.2, 0.25) is 0 Å². The molecule has 1 aliphatic carbocycles. The summed E-state index contributed by atoms with van der Waals surface area (Å²) in [6.07, 6.45) is -1.16. The monoisotopic (exact) mass is 532 g/mol. The Morgan fingerprint density at radius 3 is 1.82 bits per heavy atom. The molecule has 0 bridgehead atoms. The summed E-state index contributed by atoms with van der Waals surface area (Å²) in [6.45, 7) is 0. The lowest BCUT2D eigenvalue weighted by atomic mass is 9.45. The molecule has 6 heteroatoms. The van der Waals surface area contributed by atoms with Crippen molar-refractivity contribution in [1.82, 2.24) is 0 Å². The average molecular weight is 533 g/mol. The molecule has 4 aromatic rings. The predicted molar refractivity (Wildman–Crippen MR) is 146 cm³/mol. The Kier molecular flexibility index (Phi) is 5.42. The number of carbonyl (C=O) groups excluding carboxylic acids is 2. The molecular formula is C34H28O6. The maximum Gasteiger partial charge on any atom is 0.342 e. The number of carbonyl (C=O) groups is 2. The van der Waals surface area contributed by atoms with Crippen LogP contribution in [0.15, 0.2) is 121 Å². The largest absolute Gasteiger partial charge is 0.450 e. The van der Waals surface area contributed by atoms with E-state index in [4.69, 9.17) is 9.47 Å². The second-order valence-corrected chi connectivity index (χ2v) is 11.0. The Hall–Kier alpha value is -4.10. The molecule has 0 amide bonds.